The molecule has 0 aliphatic carbocycles. The average Bonchev–Trinajstić information content (AvgIpc) is 3.33. The maximum absolute atomic E-state index is 11.8. The first kappa shape index (κ1) is 22.4. The molecule has 0 saturated carbocycles. The van der Waals surface area contributed by atoms with E-state index in [-0.39, 0.29) is 18.0 Å². The van der Waals surface area contributed by atoms with Gasteiger partial charge in [0.05, 0.1) is 20.8 Å². The molecule has 32 heavy (non-hydrogen) atoms. The summed E-state index contributed by atoms with van der Waals surface area (Å²) in [5.41, 5.74) is 1.38. The molecule has 0 bridgehead atoms. The Morgan fingerprint density at radius 1 is 1.06 bits per heavy atom. The number of rotatable bonds is 5. The number of hydrogen-bond donors (Lipinski definition) is 2. The molecule has 0 spiro atoms. The summed E-state index contributed by atoms with van der Waals surface area (Å²) in [6.45, 7) is 2.52. The Bertz CT molecular complexity index is 990. The van der Waals surface area contributed by atoms with E-state index in [4.69, 9.17) is 14.2 Å². The Balaban J connectivity index is 0.000000204. The highest BCUT2D eigenvalue weighted by Gasteiger charge is 2.28. The molecule has 2 heterocycles. The Hall–Kier alpha value is -4.28. The minimum absolute atomic E-state index is 0.0632. The fraction of sp³-hybridized carbons (Fsp3) is 0.238. The molecular weight excluding hydrogens is 418 g/mol. The van der Waals surface area contributed by atoms with Gasteiger partial charge in [-0.25, -0.2) is 4.79 Å². The third-order valence-corrected chi connectivity index (χ3v) is 4.37. The summed E-state index contributed by atoms with van der Waals surface area (Å²) in [5, 5.41) is 15.7. The van der Waals surface area contributed by atoms with Crippen molar-refractivity contribution in [3.05, 3.63) is 64.8 Å². The Morgan fingerprint density at radius 3 is 1.97 bits per heavy atom. The van der Waals surface area contributed by atoms with Gasteiger partial charge < -0.3 is 35.0 Å². The van der Waals surface area contributed by atoms with E-state index in [0.717, 1.165) is 11.5 Å². The summed E-state index contributed by atoms with van der Waals surface area (Å²) in [6.07, 6.45) is 1.45. The van der Waals surface area contributed by atoms with Crippen molar-refractivity contribution in [3.63, 3.8) is 0 Å². The summed E-state index contributed by atoms with van der Waals surface area (Å²) in [4.78, 5) is 25.2. The highest BCUT2D eigenvalue weighted by Crippen LogP contribution is 2.24. The van der Waals surface area contributed by atoms with E-state index in [0.29, 0.717) is 23.9 Å². The van der Waals surface area contributed by atoms with Crippen molar-refractivity contribution < 1.29 is 23.9 Å². The summed E-state index contributed by atoms with van der Waals surface area (Å²) >= 11 is 0. The first-order valence-corrected chi connectivity index (χ1v) is 9.62. The maximum atomic E-state index is 11.8. The Morgan fingerprint density at radius 2 is 1.56 bits per heavy atom. The van der Waals surface area contributed by atoms with E-state index >= 15 is 0 Å². The van der Waals surface area contributed by atoms with E-state index in [1.165, 1.54) is 6.20 Å². The minimum atomic E-state index is -0.528. The number of fused-ring (bicyclic) bond motifs is 1. The van der Waals surface area contributed by atoms with Crippen LogP contribution in [0.5, 0.6) is 17.5 Å². The smallest absolute Gasteiger partial charge is 0.414 e. The van der Waals surface area contributed by atoms with Crippen LogP contribution in [0.25, 0.3) is 0 Å². The van der Waals surface area contributed by atoms with Gasteiger partial charge in [-0.3, -0.25) is 4.57 Å². The normalized spacial score (nSPS) is 13.7. The van der Waals surface area contributed by atoms with E-state index in [1.54, 1.807) is 67.3 Å². The SMILES string of the molecule is CC1Cn2cc([N+](=O)[O-])nc2O1.COc1ccc(NC(=O)Nc2ccc(OC)cc2)cc1. The fourth-order valence-electron chi connectivity index (χ4n) is 2.83. The number of hydrogen-bond acceptors (Lipinski definition) is 7. The molecule has 1 unspecified atom stereocenters. The molecule has 2 amide bonds. The topological polar surface area (TPSA) is 130 Å². The van der Waals surface area contributed by atoms with Gasteiger partial charge in [-0.15, -0.1) is 0 Å². The second kappa shape index (κ2) is 10.2. The number of nitrogens with one attached hydrogen (secondary N) is 2. The standard InChI is InChI=1S/C15H16N2O3.C6H7N3O3/c1-19-13-7-3-11(4-8-13)16-15(18)17-12-5-9-14(20-2)10-6-12;1-4-2-8-3-5(9(10)11)7-6(8)12-4/h3-10H,1-2H3,(H2,16,17,18);3-4H,2H2,1H3. The highest BCUT2D eigenvalue weighted by molar-refractivity contribution is 5.99. The summed E-state index contributed by atoms with van der Waals surface area (Å²) in [6, 6.07) is 14.2. The molecule has 1 atom stereocenters. The van der Waals surface area contributed by atoms with E-state index in [1.807, 2.05) is 6.92 Å². The molecule has 0 radical (unpaired) electrons. The van der Waals surface area contributed by atoms with Crippen LogP contribution in [0.1, 0.15) is 6.92 Å². The molecule has 4 rings (SSSR count). The monoisotopic (exact) mass is 441 g/mol. The van der Waals surface area contributed by atoms with E-state index in [2.05, 4.69) is 15.6 Å². The lowest BCUT2D eigenvalue weighted by molar-refractivity contribution is -0.389. The largest absolute Gasteiger partial charge is 0.497 e. The number of ether oxygens (including phenoxy) is 3. The number of urea groups is 1. The molecule has 11 nitrogen and oxygen atoms in total. The number of amides is 2. The van der Waals surface area contributed by atoms with Crippen LogP contribution in [0.15, 0.2) is 54.7 Å². The van der Waals surface area contributed by atoms with Crippen LogP contribution < -0.4 is 24.8 Å². The molecule has 1 aliphatic rings. The molecule has 0 saturated heterocycles. The van der Waals surface area contributed by atoms with Gasteiger partial charge in [0.1, 0.15) is 23.8 Å². The molecule has 2 aromatic carbocycles. The molecule has 3 aromatic rings. The molecule has 1 aromatic heterocycles. The predicted octanol–water partition coefficient (Wildman–Crippen LogP) is 3.92. The fourth-order valence-corrected chi connectivity index (χ4v) is 2.83. The number of anilines is 2. The highest BCUT2D eigenvalue weighted by atomic mass is 16.6. The lowest BCUT2D eigenvalue weighted by Gasteiger charge is -2.08. The van der Waals surface area contributed by atoms with Gasteiger partial charge >= 0.3 is 17.9 Å². The maximum Gasteiger partial charge on any atom is 0.414 e. The number of nitrogens with zero attached hydrogens (tertiary/aromatic N) is 3. The van der Waals surface area contributed by atoms with Gasteiger partial charge in [0.25, 0.3) is 0 Å². The number of nitro groups is 1. The summed E-state index contributed by atoms with van der Waals surface area (Å²) in [7, 11) is 3.19. The van der Waals surface area contributed by atoms with Crippen LogP contribution >= 0.6 is 0 Å². The summed E-state index contributed by atoms with van der Waals surface area (Å²) < 4.78 is 16.9. The zero-order valence-corrected chi connectivity index (χ0v) is 17.8. The van der Waals surface area contributed by atoms with Crippen molar-refractivity contribution in [2.45, 2.75) is 19.6 Å². The second-order valence-corrected chi connectivity index (χ2v) is 6.76. The number of methoxy groups -OCH3 is 2. The molecule has 0 fully saturated rings. The van der Waals surface area contributed by atoms with Gasteiger partial charge in [0.2, 0.25) is 0 Å². The van der Waals surface area contributed by atoms with Crippen molar-refractivity contribution in [1.29, 1.82) is 0 Å². The molecule has 1 aliphatic heterocycles. The lowest BCUT2D eigenvalue weighted by Crippen LogP contribution is -2.19. The number of benzene rings is 2. The van der Waals surface area contributed by atoms with Crippen LogP contribution in [0.3, 0.4) is 0 Å². The zero-order valence-electron chi connectivity index (χ0n) is 17.8. The van der Waals surface area contributed by atoms with Gasteiger partial charge in [-0.2, -0.15) is 0 Å². The number of carbonyl (C=O) groups is 1. The number of imidazole rings is 1. The molecule has 11 heteroatoms. The molecule has 168 valence electrons. The summed E-state index contributed by atoms with van der Waals surface area (Å²) in [5.74, 6) is 1.33. The van der Waals surface area contributed by atoms with Crippen LogP contribution in [-0.2, 0) is 6.54 Å². The van der Waals surface area contributed by atoms with E-state index < -0.39 is 4.92 Å². The van der Waals surface area contributed by atoms with Crippen molar-refractivity contribution >= 4 is 23.2 Å². The second-order valence-electron chi connectivity index (χ2n) is 6.76. The number of aromatic nitrogens is 2. The Kier molecular flexibility index (Phi) is 7.11. The molecular formula is C21H23N5O6. The van der Waals surface area contributed by atoms with Crippen molar-refractivity contribution in [1.82, 2.24) is 9.55 Å². The first-order valence-electron chi connectivity index (χ1n) is 9.62. The number of carbonyl (C=O) groups excluding carboxylic acids is 1. The van der Waals surface area contributed by atoms with Gasteiger partial charge in [-0.1, -0.05) is 0 Å². The zero-order chi connectivity index (χ0) is 23.1. The van der Waals surface area contributed by atoms with Crippen LogP contribution in [0, 0.1) is 10.1 Å². The third-order valence-electron chi connectivity index (χ3n) is 4.37. The average molecular weight is 441 g/mol. The molecule has 2 N–H and O–H groups in total. The van der Waals surface area contributed by atoms with Gasteiger partial charge in [0, 0.05) is 16.4 Å². The van der Waals surface area contributed by atoms with Crippen LogP contribution in [-0.4, -0.2) is 40.8 Å². The quantitative estimate of drug-likeness (QED) is 0.453. The van der Waals surface area contributed by atoms with Gasteiger partial charge in [-0.05, 0) is 60.4 Å². The Labute approximate surface area is 184 Å². The van der Waals surface area contributed by atoms with E-state index in [9.17, 15) is 14.9 Å². The minimum Gasteiger partial charge on any atom is -0.497 e. The van der Waals surface area contributed by atoms with Crippen molar-refractivity contribution in [3.8, 4) is 17.5 Å². The third kappa shape index (κ3) is 5.88. The van der Waals surface area contributed by atoms with Crippen molar-refractivity contribution in [2.24, 2.45) is 0 Å². The first-order chi connectivity index (χ1) is 15.4. The predicted molar refractivity (Wildman–Crippen MR) is 118 cm³/mol. The lowest BCUT2D eigenvalue weighted by atomic mass is 10.3. The van der Waals surface area contributed by atoms with Crippen LogP contribution in [0.2, 0.25) is 0 Å². The van der Waals surface area contributed by atoms with Gasteiger partial charge in [0.15, 0.2) is 0 Å². The van der Waals surface area contributed by atoms with Crippen molar-refractivity contribution in [2.75, 3.05) is 24.9 Å². The van der Waals surface area contributed by atoms with Crippen LogP contribution in [0.4, 0.5) is 22.0 Å².